The molecule has 0 atom stereocenters. The average Bonchev–Trinajstić information content (AvgIpc) is 2.92. The zero-order valence-electron chi connectivity index (χ0n) is 11.3. The van der Waals surface area contributed by atoms with E-state index in [1.807, 2.05) is 30.3 Å². The van der Waals surface area contributed by atoms with E-state index in [4.69, 9.17) is 9.52 Å². The van der Waals surface area contributed by atoms with Crippen molar-refractivity contribution in [1.82, 2.24) is 5.32 Å². The van der Waals surface area contributed by atoms with Crippen molar-refractivity contribution >= 4 is 11.9 Å². The van der Waals surface area contributed by atoms with Gasteiger partial charge in [0.1, 0.15) is 0 Å². The molecular weight excluding hydrogens is 270 g/mol. The second-order valence-corrected chi connectivity index (χ2v) is 5.21. The van der Waals surface area contributed by atoms with E-state index in [9.17, 15) is 9.59 Å². The SMILES string of the molecule is O=C(NC1CC(C(=O)O)C1)c1occc1-c1ccccc1. The Morgan fingerprint density at radius 3 is 2.52 bits per heavy atom. The number of hydrogen-bond donors (Lipinski definition) is 2. The van der Waals surface area contributed by atoms with E-state index in [-0.39, 0.29) is 23.6 Å². The summed E-state index contributed by atoms with van der Waals surface area (Å²) in [5.41, 5.74) is 1.65. The monoisotopic (exact) mass is 285 g/mol. The van der Waals surface area contributed by atoms with E-state index >= 15 is 0 Å². The molecule has 1 aromatic heterocycles. The van der Waals surface area contributed by atoms with Crippen molar-refractivity contribution in [3.8, 4) is 11.1 Å². The number of furan rings is 1. The van der Waals surface area contributed by atoms with Gasteiger partial charge in [-0.15, -0.1) is 0 Å². The Bertz CT molecular complexity index is 656. The molecule has 1 amide bonds. The zero-order valence-corrected chi connectivity index (χ0v) is 11.3. The summed E-state index contributed by atoms with van der Waals surface area (Å²) >= 11 is 0. The van der Waals surface area contributed by atoms with Crippen LogP contribution in [0.15, 0.2) is 47.1 Å². The Labute approximate surface area is 121 Å². The number of rotatable bonds is 4. The third kappa shape index (κ3) is 2.67. The molecule has 3 rings (SSSR count). The van der Waals surface area contributed by atoms with Gasteiger partial charge in [0.2, 0.25) is 0 Å². The van der Waals surface area contributed by atoms with Crippen LogP contribution in [-0.2, 0) is 4.79 Å². The first-order valence-electron chi connectivity index (χ1n) is 6.81. The molecule has 108 valence electrons. The number of aliphatic carboxylic acids is 1. The van der Waals surface area contributed by atoms with Crippen molar-refractivity contribution in [3.05, 3.63) is 48.4 Å². The van der Waals surface area contributed by atoms with Crippen molar-refractivity contribution in [2.75, 3.05) is 0 Å². The van der Waals surface area contributed by atoms with Gasteiger partial charge in [0.25, 0.3) is 5.91 Å². The highest BCUT2D eigenvalue weighted by Crippen LogP contribution is 2.29. The molecule has 0 saturated heterocycles. The van der Waals surface area contributed by atoms with E-state index in [2.05, 4.69) is 5.32 Å². The number of carbonyl (C=O) groups excluding carboxylic acids is 1. The van der Waals surface area contributed by atoms with Crippen molar-refractivity contribution < 1.29 is 19.1 Å². The molecule has 1 heterocycles. The Balaban J connectivity index is 1.70. The predicted molar refractivity (Wildman–Crippen MR) is 75.8 cm³/mol. The summed E-state index contributed by atoms with van der Waals surface area (Å²) in [6.07, 6.45) is 2.43. The first-order valence-corrected chi connectivity index (χ1v) is 6.81. The van der Waals surface area contributed by atoms with E-state index in [1.54, 1.807) is 6.07 Å². The molecule has 0 radical (unpaired) electrons. The normalized spacial score (nSPS) is 20.6. The Morgan fingerprint density at radius 2 is 1.86 bits per heavy atom. The van der Waals surface area contributed by atoms with Gasteiger partial charge in [-0.1, -0.05) is 30.3 Å². The maximum absolute atomic E-state index is 12.2. The third-order valence-corrected chi connectivity index (χ3v) is 3.78. The highest BCUT2D eigenvalue weighted by molar-refractivity contribution is 5.98. The second-order valence-electron chi connectivity index (χ2n) is 5.21. The van der Waals surface area contributed by atoms with Crippen LogP contribution in [0.25, 0.3) is 11.1 Å². The number of carboxylic acids is 1. The Morgan fingerprint density at radius 1 is 1.14 bits per heavy atom. The van der Waals surface area contributed by atoms with Gasteiger partial charge in [-0.2, -0.15) is 0 Å². The summed E-state index contributed by atoms with van der Waals surface area (Å²) in [4.78, 5) is 23.0. The van der Waals surface area contributed by atoms with Crippen molar-refractivity contribution in [3.63, 3.8) is 0 Å². The van der Waals surface area contributed by atoms with E-state index in [1.165, 1.54) is 6.26 Å². The third-order valence-electron chi connectivity index (χ3n) is 3.78. The minimum absolute atomic E-state index is 0.0904. The van der Waals surface area contributed by atoms with Crippen LogP contribution in [0.5, 0.6) is 0 Å². The lowest BCUT2D eigenvalue weighted by Gasteiger charge is -2.32. The van der Waals surface area contributed by atoms with Crippen LogP contribution in [-0.4, -0.2) is 23.0 Å². The highest BCUT2D eigenvalue weighted by Gasteiger charge is 2.36. The molecule has 5 nitrogen and oxygen atoms in total. The molecule has 1 fully saturated rings. The van der Waals surface area contributed by atoms with Gasteiger partial charge in [0, 0.05) is 11.6 Å². The molecule has 21 heavy (non-hydrogen) atoms. The second kappa shape index (κ2) is 5.44. The van der Waals surface area contributed by atoms with Gasteiger partial charge in [-0.05, 0) is 24.5 Å². The molecule has 0 aliphatic heterocycles. The van der Waals surface area contributed by atoms with Crippen molar-refractivity contribution in [1.29, 1.82) is 0 Å². The number of amides is 1. The van der Waals surface area contributed by atoms with E-state index in [0.717, 1.165) is 11.1 Å². The predicted octanol–water partition coefficient (Wildman–Crippen LogP) is 2.54. The minimum atomic E-state index is -0.802. The van der Waals surface area contributed by atoms with Gasteiger partial charge < -0.3 is 14.8 Å². The topological polar surface area (TPSA) is 79.5 Å². The van der Waals surface area contributed by atoms with Crippen LogP contribution >= 0.6 is 0 Å². The first kappa shape index (κ1) is 13.4. The van der Waals surface area contributed by atoms with E-state index in [0.29, 0.717) is 12.8 Å². The Kier molecular flexibility index (Phi) is 3.48. The molecule has 0 spiro atoms. The number of nitrogens with one attached hydrogen (secondary N) is 1. The molecule has 1 aliphatic rings. The lowest BCUT2D eigenvalue weighted by atomic mass is 9.80. The Hall–Kier alpha value is -2.56. The molecule has 1 aliphatic carbocycles. The van der Waals surface area contributed by atoms with Crippen LogP contribution in [0.1, 0.15) is 23.4 Å². The molecule has 0 unspecified atom stereocenters. The van der Waals surface area contributed by atoms with Crippen LogP contribution in [0.4, 0.5) is 0 Å². The van der Waals surface area contributed by atoms with Crippen LogP contribution < -0.4 is 5.32 Å². The van der Waals surface area contributed by atoms with Crippen molar-refractivity contribution in [2.45, 2.75) is 18.9 Å². The van der Waals surface area contributed by atoms with Crippen molar-refractivity contribution in [2.24, 2.45) is 5.92 Å². The summed E-state index contributed by atoms with van der Waals surface area (Å²) in [6.45, 7) is 0. The fourth-order valence-corrected chi connectivity index (χ4v) is 2.52. The molecule has 2 N–H and O–H groups in total. The standard InChI is InChI=1S/C16H15NO4/c18-15(17-12-8-11(9-12)16(19)20)14-13(6-7-21-14)10-4-2-1-3-5-10/h1-7,11-12H,8-9H2,(H,17,18)(H,19,20). The maximum atomic E-state index is 12.2. The quantitative estimate of drug-likeness (QED) is 0.904. The summed E-state index contributed by atoms with van der Waals surface area (Å²) < 4.78 is 5.30. The smallest absolute Gasteiger partial charge is 0.306 e. The van der Waals surface area contributed by atoms with Crippen LogP contribution in [0.3, 0.4) is 0 Å². The summed E-state index contributed by atoms with van der Waals surface area (Å²) in [7, 11) is 0. The molecule has 1 saturated carbocycles. The molecule has 1 aromatic carbocycles. The minimum Gasteiger partial charge on any atom is -0.481 e. The van der Waals surface area contributed by atoms with Crippen LogP contribution in [0, 0.1) is 5.92 Å². The average molecular weight is 285 g/mol. The lowest BCUT2D eigenvalue weighted by molar-refractivity contribution is -0.145. The zero-order chi connectivity index (χ0) is 14.8. The van der Waals surface area contributed by atoms with Gasteiger partial charge in [0.15, 0.2) is 5.76 Å². The fraction of sp³-hybridized carbons (Fsp3) is 0.250. The number of carboxylic acid groups (broad SMARTS) is 1. The molecule has 5 heteroatoms. The largest absolute Gasteiger partial charge is 0.481 e. The summed E-state index contributed by atoms with van der Waals surface area (Å²) in [6, 6.07) is 11.2. The molecular formula is C16H15NO4. The molecule has 2 aromatic rings. The molecule has 0 bridgehead atoms. The van der Waals surface area contributed by atoms with Gasteiger partial charge >= 0.3 is 5.97 Å². The summed E-state index contributed by atoms with van der Waals surface area (Å²) in [5.74, 6) is -1.18. The maximum Gasteiger partial charge on any atom is 0.306 e. The van der Waals surface area contributed by atoms with Gasteiger partial charge in [-0.3, -0.25) is 9.59 Å². The number of hydrogen-bond acceptors (Lipinski definition) is 3. The fourth-order valence-electron chi connectivity index (χ4n) is 2.52. The first-order chi connectivity index (χ1) is 10.1. The summed E-state index contributed by atoms with van der Waals surface area (Å²) in [5, 5.41) is 11.6. The number of carbonyl (C=O) groups is 2. The van der Waals surface area contributed by atoms with Gasteiger partial charge in [-0.25, -0.2) is 0 Å². The number of benzene rings is 1. The lowest BCUT2D eigenvalue weighted by Crippen LogP contribution is -2.46. The highest BCUT2D eigenvalue weighted by atomic mass is 16.4. The van der Waals surface area contributed by atoms with Gasteiger partial charge in [0.05, 0.1) is 12.2 Å². The van der Waals surface area contributed by atoms with E-state index < -0.39 is 5.97 Å². The van der Waals surface area contributed by atoms with Crippen LogP contribution in [0.2, 0.25) is 0 Å².